The molecule has 0 radical (unpaired) electrons. The van der Waals surface area contributed by atoms with Crippen molar-refractivity contribution in [3.63, 3.8) is 0 Å². The fourth-order valence-corrected chi connectivity index (χ4v) is 1.99. The highest BCUT2D eigenvalue weighted by Crippen LogP contribution is 2.14. The first kappa shape index (κ1) is 14.5. The Morgan fingerprint density at radius 2 is 1.90 bits per heavy atom. The van der Waals surface area contributed by atoms with E-state index >= 15 is 0 Å². The first-order valence-corrected chi connectivity index (χ1v) is 6.44. The third kappa shape index (κ3) is 3.36. The van der Waals surface area contributed by atoms with Crippen molar-refractivity contribution in [1.82, 2.24) is 5.32 Å². The predicted octanol–water partition coefficient (Wildman–Crippen LogP) is 3.49. The molecule has 5 heteroatoms. The lowest BCUT2D eigenvalue weighted by Crippen LogP contribution is -2.23. The van der Waals surface area contributed by atoms with Crippen molar-refractivity contribution in [2.75, 3.05) is 0 Å². The van der Waals surface area contributed by atoms with Gasteiger partial charge in [0.25, 0.3) is 5.91 Å². The van der Waals surface area contributed by atoms with E-state index in [4.69, 9.17) is 0 Å². The van der Waals surface area contributed by atoms with Crippen molar-refractivity contribution in [3.05, 3.63) is 64.7 Å². The van der Waals surface area contributed by atoms with Gasteiger partial charge in [0.05, 0.1) is 0 Å². The van der Waals surface area contributed by atoms with Crippen LogP contribution in [0, 0.1) is 18.6 Å². The molecule has 0 atom stereocenters. The summed E-state index contributed by atoms with van der Waals surface area (Å²) in [5, 5.41) is 2.67. The van der Waals surface area contributed by atoms with E-state index in [1.165, 1.54) is 6.07 Å². The van der Waals surface area contributed by atoms with Crippen LogP contribution in [0.1, 0.15) is 21.5 Å². The highest BCUT2D eigenvalue weighted by atomic mass is 32.1. The number of hydrogen-bond acceptors (Lipinski definition) is 2. The van der Waals surface area contributed by atoms with Crippen molar-refractivity contribution in [2.45, 2.75) is 18.4 Å². The molecule has 0 bridgehead atoms. The summed E-state index contributed by atoms with van der Waals surface area (Å²) in [6, 6.07) is 8.80. The molecule has 0 aliphatic rings. The van der Waals surface area contributed by atoms with Gasteiger partial charge in [-0.2, -0.15) is 0 Å². The molecule has 0 heterocycles. The monoisotopic (exact) mass is 293 g/mol. The summed E-state index contributed by atoms with van der Waals surface area (Å²) in [5.74, 6) is -2.10. The van der Waals surface area contributed by atoms with Gasteiger partial charge in [-0.25, -0.2) is 8.78 Å². The predicted molar refractivity (Wildman–Crippen MR) is 76.0 cm³/mol. The molecular weight excluding hydrogens is 280 g/mol. The first-order valence-electron chi connectivity index (χ1n) is 5.99. The zero-order chi connectivity index (χ0) is 14.7. The van der Waals surface area contributed by atoms with Crippen LogP contribution in [0.3, 0.4) is 0 Å². The molecule has 0 aliphatic heterocycles. The topological polar surface area (TPSA) is 29.1 Å². The zero-order valence-corrected chi connectivity index (χ0v) is 11.7. The SMILES string of the molecule is Cc1ccc(S)cc1C(=O)NCc1ccc(F)c(F)c1. The van der Waals surface area contributed by atoms with E-state index in [0.717, 1.165) is 17.7 Å². The summed E-state index contributed by atoms with van der Waals surface area (Å²) in [7, 11) is 0. The fraction of sp³-hybridized carbons (Fsp3) is 0.133. The number of hydrogen-bond donors (Lipinski definition) is 2. The fourth-order valence-electron chi connectivity index (χ4n) is 1.78. The molecular formula is C15H13F2NOS. The number of halogens is 2. The van der Waals surface area contributed by atoms with Crippen LogP contribution in [0.15, 0.2) is 41.3 Å². The Morgan fingerprint density at radius 3 is 2.60 bits per heavy atom. The highest BCUT2D eigenvalue weighted by Gasteiger charge is 2.09. The van der Waals surface area contributed by atoms with Gasteiger partial charge in [-0.15, -0.1) is 12.6 Å². The Bertz CT molecular complexity index is 658. The second kappa shape index (κ2) is 6.05. The van der Waals surface area contributed by atoms with Gasteiger partial charge in [-0.3, -0.25) is 4.79 Å². The molecule has 2 rings (SSSR count). The van der Waals surface area contributed by atoms with Crippen molar-refractivity contribution in [3.8, 4) is 0 Å². The Hall–Kier alpha value is -1.88. The van der Waals surface area contributed by atoms with Gasteiger partial charge < -0.3 is 5.32 Å². The molecule has 0 aromatic heterocycles. The van der Waals surface area contributed by atoms with Gasteiger partial charge in [0, 0.05) is 17.0 Å². The van der Waals surface area contributed by atoms with E-state index in [-0.39, 0.29) is 12.5 Å². The molecule has 1 amide bonds. The normalized spacial score (nSPS) is 10.4. The molecule has 2 aromatic carbocycles. The van der Waals surface area contributed by atoms with Crippen LogP contribution in [-0.2, 0) is 6.54 Å². The molecule has 0 aliphatic carbocycles. The number of carbonyl (C=O) groups is 1. The lowest BCUT2D eigenvalue weighted by atomic mass is 10.1. The molecule has 104 valence electrons. The Labute approximate surface area is 121 Å². The molecule has 20 heavy (non-hydrogen) atoms. The van der Waals surface area contributed by atoms with Crippen molar-refractivity contribution < 1.29 is 13.6 Å². The van der Waals surface area contributed by atoms with Crippen LogP contribution in [0.5, 0.6) is 0 Å². The van der Waals surface area contributed by atoms with Crippen LogP contribution in [-0.4, -0.2) is 5.91 Å². The van der Waals surface area contributed by atoms with E-state index in [2.05, 4.69) is 17.9 Å². The molecule has 0 saturated heterocycles. The maximum atomic E-state index is 13.0. The van der Waals surface area contributed by atoms with Gasteiger partial charge in [0.2, 0.25) is 0 Å². The van der Waals surface area contributed by atoms with Crippen LogP contribution < -0.4 is 5.32 Å². The van der Waals surface area contributed by atoms with Crippen molar-refractivity contribution in [2.24, 2.45) is 0 Å². The van der Waals surface area contributed by atoms with Crippen molar-refractivity contribution in [1.29, 1.82) is 0 Å². The standard InChI is InChI=1S/C15H13F2NOS/c1-9-2-4-11(20)7-12(9)15(19)18-8-10-3-5-13(16)14(17)6-10/h2-7,20H,8H2,1H3,(H,18,19). The number of amides is 1. The summed E-state index contributed by atoms with van der Waals surface area (Å²) in [5.41, 5.74) is 1.84. The molecule has 2 aromatic rings. The van der Waals surface area contributed by atoms with E-state index in [0.29, 0.717) is 16.0 Å². The lowest BCUT2D eigenvalue weighted by Gasteiger charge is -2.08. The number of nitrogens with one attached hydrogen (secondary N) is 1. The number of aryl methyl sites for hydroxylation is 1. The minimum atomic E-state index is -0.926. The lowest BCUT2D eigenvalue weighted by molar-refractivity contribution is 0.0950. The van der Waals surface area contributed by atoms with E-state index in [9.17, 15) is 13.6 Å². The molecule has 0 saturated carbocycles. The molecule has 0 fully saturated rings. The van der Waals surface area contributed by atoms with E-state index in [1.54, 1.807) is 18.2 Å². The minimum absolute atomic E-state index is 0.131. The van der Waals surface area contributed by atoms with E-state index in [1.807, 2.05) is 6.92 Å². The van der Waals surface area contributed by atoms with Crippen LogP contribution in [0.4, 0.5) is 8.78 Å². The molecule has 0 spiro atoms. The van der Waals surface area contributed by atoms with Crippen LogP contribution in [0.25, 0.3) is 0 Å². The summed E-state index contributed by atoms with van der Waals surface area (Å²) >= 11 is 4.19. The number of benzene rings is 2. The maximum Gasteiger partial charge on any atom is 0.251 e. The third-order valence-electron chi connectivity index (χ3n) is 2.90. The first-order chi connectivity index (χ1) is 9.47. The smallest absolute Gasteiger partial charge is 0.251 e. The second-order valence-corrected chi connectivity index (χ2v) is 4.95. The summed E-state index contributed by atoms with van der Waals surface area (Å²) in [4.78, 5) is 12.7. The average molecular weight is 293 g/mol. The quantitative estimate of drug-likeness (QED) is 0.833. The summed E-state index contributed by atoms with van der Waals surface area (Å²) in [6.45, 7) is 1.95. The Kier molecular flexibility index (Phi) is 4.39. The largest absolute Gasteiger partial charge is 0.348 e. The second-order valence-electron chi connectivity index (χ2n) is 4.43. The maximum absolute atomic E-state index is 13.0. The third-order valence-corrected chi connectivity index (χ3v) is 3.18. The molecule has 2 nitrogen and oxygen atoms in total. The van der Waals surface area contributed by atoms with Gasteiger partial charge in [-0.05, 0) is 42.3 Å². The van der Waals surface area contributed by atoms with Gasteiger partial charge in [-0.1, -0.05) is 12.1 Å². The van der Waals surface area contributed by atoms with Crippen LogP contribution in [0.2, 0.25) is 0 Å². The minimum Gasteiger partial charge on any atom is -0.348 e. The Morgan fingerprint density at radius 1 is 1.15 bits per heavy atom. The van der Waals surface area contributed by atoms with Crippen LogP contribution >= 0.6 is 12.6 Å². The number of rotatable bonds is 3. The molecule has 1 N–H and O–H groups in total. The van der Waals surface area contributed by atoms with E-state index < -0.39 is 11.6 Å². The highest BCUT2D eigenvalue weighted by molar-refractivity contribution is 7.80. The molecule has 0 unspecified atom stereocenters. The number of carbonyl (C=O) groups excluding carboxylic acids is 1. The average Bonchev–Trinajstić information content (AvgIpc) is 2.42. The number of thiol groups is 1. The van der Waals surface area contributed by atoms with Crippen molar-refractivity contribution >= 4 is 18.5 Å². The summed E-state index contributed by atoms with van der Waals surface area (Å²) < 4.78 is 25.8. The zero-order valence-electron chi connectivity index (χ0n) is 10.8. The van der Waals surface area contributed by atoms with Gasteiger partial charge in [0.15, 0.2) is 11.6 Å². The van der Waals surface area contributed by atoms with Gasteiger partial charge >= 0.3 is 0 Å². The summed E-state index contributed by atoms with van der Waals surface area (Å²) in [6.07, 6.45) is 0. The van der Waals surface area contributed by atoms with Gasteiger partial charge in [0.1, 0.15) is 0 Å². The Balaban J connectivity index is 2.08.